The first-order valence-electron chi connectivity index (χ1n) is 5.39. The molecule has 0 spiro atoms. The van der Waals surface area contributed by atoms with E-state index in [1.165, 1.54) is 17.0 Å². The molecule has 14 heavy (non-hydrogen) atoms. The molecule has 1 rings (SSSR count). The number of allylic oxidation sites excluding steroid dienone is 1. The van der Waals surface area contributed by atoms with Gasteiger partial charge in [0.05, 0.1) is 0 Å². The molecule has 0 aliphatic rings. The van der Waals surface area contributed by atoms with Gasteiger partial charge in [-0.25, -0.2) is 0 Å². The Morgan fingerprint density at radius 2 is 2.07 bits per heavy atom. The molecule has 0 fully saturated rings. The predicted octanol–water partition coefficient (Wildman–Crippen LogP) is 3.96. The highest BCUT2D eigenvalue weighted by molar-refractivity contribution is 5.50. The van der Waals surface area contributed by atoms with Crippen LogP contribution in [0.3, 0.4) is 0 Å². The van der Waals surface area contributed by atoms with Crippen LogP contribution in [-0.2, 0) is 7.05 Å². The zero-order valence-corrected chi connectivity index (χ0v) is 9.96. The van der Waals surface area contributed by atoms with E-state index >= 15 is 0 Å². The van der Waals surface area contributed by atoms with Crippen LogP contribution in [0.25, 0.3) is 6.08 Å². The average Bonchev–Trinajstić information content (AvgIpc) is 2.48. The molecule has 0 amide bonds. The largest absolute Gasteiger partial charge is 0.348 e. The molecule has 0 aliphatic carbocycles. The van der Waals surface area contributed by atoms with Crippen LogP contribution in [0, 0.1) is 0 Å². The molecular formula is C13H21N. The van der Waals surface area contributed by atoms with E-state index in [1.807, 2.05) is 0 Å². The minimum atomic E-state index is 0.601. The first kappa shape index (κ1) is 11.1. The van der Waals surface area contributed by atoms with Crippen molar-refractivity contribution in [1.29, 1.82) is 0 Å². The number of aromatic nitrogens is 1. The quantitative estimate of drug-likeness (QED) is 0.681. The zero-order chi connectivity index (χ0) is 10.7. The summed E-state index contributed by atoms with van der Waals surface area (Å²) in [5.74, 6) is 0.601. The summed E-state index contributed by atoms with van der Waals surface area (Å²) < 4.78 is 2.28. The van der Waals surface area contributed by atoms with Crippen molar-refractivity contribution < 1.29 is 0 Å². The molecule has 1 heterocycles. The highest BCUT2D eigenvalue weighted by Crippen LogP contribution is 2.19. The Morgan fingerprint density at radius 3 is 2.50 bits per heavy atom. The molecule has 0 aromatic carbocycles. The third-order valence-electron chi connectivity index (χ3n) is 2.74. The summed E-state index contributed by atoms with van der Waals surface area (Å²) in [5.41, 5.74) is 4.15. The summed E-state index contributed by atoms with van der Waals surface area (Å²) in [6.07, 6.45) is 3.40. The second kappa shape index (κ2) is 4.50. The first-order chi connectivity index (χ1) is 6.56. The standard InChI is InChI=1S/C13H21N/c1-6-11(4)9-12-7-8-13(10(2)3)14(12)5/h7-10H,6H2,1-5H3/b11-9-. The van der Waals surface area contributed by atoms with Gasteiger partial charge in [0.2, 0.25) is 0 Å². The Bertz CT molecular complexity index is 329. The Hall–Kier alpha value is -0.980. The lowest BCUT2D eigenvalue weighted by atomic mass is 10.1. The molecule has 0 saturated heterocycles. The summed E-state index contributed by atoms with van der Waals surface area (Å²) in [5, 5.41) is 0. The number of hydrogen-bond acceptors (Lipinski definition) is 0. The van der Waals surface area contributed by atoms with Crippen LogP contribution in [0.4, 0.5) is 0 Å². The molecule has 1 aromatic heterocycles. The fraction of sp³-hybridized carbons (Fsp3) is 0.538. The highest BCUT2D eigenvalue weighted by atomic mass is 15.0. The van der Waals surface area contributed by atoms with Gasteiger partial charge >= 0.3 is 0 Å². The van der Waals surface area contributed by atoms with E-state index < -0.39 is 0 Å². The summed E-state index contributed by atoms with van der Waals surface area (Å²) >= 11 is 0. The summed E-state index contributed by atoms with van der Waals surface area (Å²) in [6.45, 7) is 8.84. The van der Waals surface area contributed by atoms with Crippen molar-refractivity contribution in [3.63, 3.8) is 0 Å². The van der Waals surface area contributed by atoms with Gasteiger partial charge < -0.3 is 4.57 Å². The maximum atomic E-state index is 2.28. The fourth-order valence-corrected chi connectivity index (χ4v) is 1.62. The van der Waals surface area contributed by atoms with Crippen LogP contribution in [0.1, 0.15) is 51.4 Å². The SMILES string of the molecule is CC/C(C)=C\c1ccc(C(C)C)n1C. The highest BCUT2D eigenvalue weighted by Gasteiger charge is 2.05. The van der Waals surface area contributed by atoms with E-state index in [4.69, 9.17) is 0 Å². The van der Waals surface area contributed by atoms with Crippen molar-refractivity contribution in [2.24, 2.45) is 7.05 Å². The van der Waals surface area contributed by atoms with E-state index in [1.54, 1.807) is 0 Å². The Morgan fingerprint density at radius 1 is 1.43 bits per heavy atom. The second-order valence-electron chi connectivity index (χ2n) is 4.24. The van der Waals surface area contributed by atoms with Crippen molar-refractivity contribution >= 4 is 6.08 Å². The van der Waals surface area contributed by atoms with E-state index in [-0.39, 0.29) is 0 Å². The molecule has 0 radical (unpaired) electrons. The van der Waals surface area contributed by atoms with Gasteiger partial charge in [-0.1, -0.05) is 26.3 Å². The fourth-order valence-electron chi connectivity index (χ4n) is 1.62. The minimum Gasteiger partial charge on any atom is -0.348 e. The number of nitrogens with zero attached hydrogens (tertiary/aromatic N) is 1. The molecule has 78 valence electrons. The molecule has 0 saturated carbocycles. The van der Waals surface area contributed by atoms with Crippen molar-refractivity contribution in [3.8, 4) is 0 Å². The summed E-state index contributed by atoms with van der Waals surface area (Å²) in [4.78, 5) is 0. The van der Waals surface area contributed by atoms with Crippen LogP contribution in [0.15, 0.2) is 17.7 Å². The first-order valence-corrected chi connectivity index (χ1v) is 5.39. The lowest BCUT2D eigenvalue weighted by Gasteiger charge is -2.08. The van der Waals surface area contributed by atoms with Gasteiger partial charge in [-0.05, 0) is 37.5 Å². The van der Waals surface area contributed by atoms with Gasteiger partial charge in [0.15, 0.2) is 0 Å². The van der Waals surface area contributed by atoms with Crippen molar-refractivity contribution in [3.05, 3.63) is 29.1 Å². The van der Waals surface area contributed by atoms with E-state index in [9.17, 15) is 0 Å². The molecule has 0 unspecified atom stereocenters. The van der Waals surface area contributed by atoms with Gasteiger partial charge in [-0.2, -0.15) is 0 Å². The third-order valence-corrected chi connectivity index (χ3v) is 2.74. The maximum absolute atomic E-state index is 2.28. The maximum Gasteiger partial charge on any atom is 0.0405 e. The van der Waals surface area contributed by atoms with Gasteiger partial charge in [-0.15, -0.1) is 0 Å². The number of hydrogen-bond donors (Lipinski definition) is 0. The van der Waals surface area contributed by atoms with E-state index in [0.717, 1.165) is 6.42 Å². The predicted molar refractivity (Wildman–Crippen MR) is 63.4 cm³/mol. The molecule has 1 aromatic rings. The minimum absolute atomic E-state index is 0.601. The zero-order valence-electron chi connectivity index (χ0n) is 9.96. The summed E-state index contributed by atoms with van der Waals surface area (Å²) in [6, 6.07) is 4.42. The van der Waals surface area contributed by atoms with Gasteiger partial charge in [0, 0.05) is 18.4 Å². The van der Waals surface area contributed by atoms with Crippen LogP contribution in [0.2, 0.25) is 0 Å². The molecular weight excluding hydrogens is 170 g/mol. The van der Waals surface area contributed by atoms with Gasteiger partial charge in [0.1, 0.15) is 0 Å². The van der Waals surface area contributed by atoms with Crippen molar-refractivity contribution in [1.82, 2.24) is 4.57 Å². The van der Waals surface area contributed by atoms with Gasteiger partial charge in [-0.3, -0.25) is 0 Å². The topological polar surface area (TPSA) is 4.93 Å². The van der Waals surface area contributed by atoms with E-state index in [2.05, 4.69) is 57.5 Å². The number of rotatable bonds is 3. The monoisotopic (exact) mass is 191 g/mol. The Balaban J connectivity index is 3.01. The summed E-state index contributed by atoms with van der Waals surface area (Å²) in [7, 11) is 2.14. The normalized spacial score (nSPS) is 12.6. The van der Waals surface area contributed by atoms with Crippen LogP contribution in [-0.4, -0.2) is 4.57 Å². The molecule has 0 atom stereocenters. The molecule has 0 bridgehead atoms. The lowest BCUT2D eigenvalue weighted by Crippen LogP contribution is -1.99. The molecule has 1 nitrogen and oxygen atoms in total. The Kier molecular flexibility index (Phi) is 3.56. The van der Waals surface area contributed by atoms with Crippen LogP contribution in [0.5, 0.6) is 0 Å². The van der Waals surface area contributed by atoms with Gasteiger partial charge in [0.25, 0.3) is 0 Å². The van der Waals surface area contributed by atoms with Crippen molar-refractivity contribution in [2.45, 2.75) is 40.0 Å². The third kappa shape index (κ3) is 2.28. The molecule has 1 heteroatoms. The van der Waals surface area contributed by atoms with Crippen LogP contribution >= 0.6 is 0 Å². The van der Waals surface area contributed by atoms with E-state index in [0.29, 0.717) is 5.92 Å². The Labute approximate surface area is 87.4 Å². The van der Waals surface area contributed by atoms with Crippen molar-refractivity contribution in [2.75, 3.05) is 0 Å². The molecule has 0 aliphatic heterocycles. The van der Waals surface area contributed by atoms with Crippen LogP contribution < -0.4 is 0 Å². The molecule has 0 N–H and O–H groups in total. The lowest BCUT2D eigenvalue weighted by molar-refractivity contribution is 0.737. The average molecular weight is 191 g/mol. The second-order valence-corrected chi connectivity index (χ2v) is 4.24. The smallest absolute Gasteiger partial charge is 0.0405 e.